The van der Waals surface area contributed by atoms with Gasteiger partial charge in [-0.05, 0) is 31.8 Å². The summed E-state index contributed by atoms with van der Waals surface area (Å²) in [6, 6.07) is 0. The SMILES string of the molecule is CC1CCN(CC2CCNC2)C1=O. The summed E-state index contributed by atoms with van der Waals surface area (Å²) >= 11 is 0. The van der Waals surface area contributed by atoms with E-state index in [2.05, 4.69) is 5.32 Å². The van der Waals surface area contributed by atoms with Crippen molar-refractivity contribution >= 4 is 5.91 Å². The average Bonchev–Trinajstić information content (AvgIpc) is 2.71. The van der Waals surface area contributed by atoms with Crippen molar-refractivity contribution in [2.45, 2.75) is 19.8 Å². The summed E-state index contributed by atoms with van der Waals surface area (Å²) in [4.78, 5) is 13.6. The van der Waals surface area contributed by atoms with Crippen LogP contribution in [0.4, 0.5) is 0 Å². The third-order valence-electron chi connectivity index (χ3n) is 3.21. The van der Waals surface area contributed by atoms with E-state index in [-0.39, 0.29) is 5.92 Å². The van der Waals surface area contributed by atoms with Crippen LogP contribution in [0, 0.1) is 11.8 Å². The van der Waals surface area contributed by atoms with Crippen molar-refractivity contribution in [1.29, 1.82) is 0 Å². The molecule has 2 atom stereocenters. The molecule has 0 saturated carbocycles. The highest BCUT2D eigenvalue weighted by Gasteiger charge is 2.30. The van der Waals surface area contributed by atoms with E-state index >= 15 is 0 Å². The van der Waals surface area contributed by atoms with Gasteiger partial charge in [0.15, 0.2) is 0 Å². The van der Waals surface area contributed by atoms with Gasteiger partial charge in [0.25, 0.3) is 0 Å². The van der Waals surface area contributed by atoms with Gasteiger partial charge in [-0.1, -0.05) is 6.92 Å². The van der Waals surface area contributed by atoms with E-state index in [1.54, 1.807) is 0 Å². The quantitative estimate of drug-likeness (QED) is 0.673. The molecule has 2 unspecified atom stereocenters. The van der Waals surface area contributed by atoms with Gasteiger partial charge in [-0.2, -0.15) is 0 Å². The maximum atomic E-state index is 11.6. The third kappa shape index (κ3) is 1.85. The Hall–Kier alpha value is -0.570. The third-order valence-corrected chi connectivity index (χ3v) is 3.21. The molecule has 0 bridgehead atoms. The van der Waals surface area contributed by atoms with Gasteiger partial charge in [0.2, 0.25) is 5.91 Å². The first kappa shape index (κ1) is 9.00. The zero-order chi connectivity index (χ0) is 9.26. The number of rotatable bonds is 2. The molecule has 0 radical (unpaired) electrons. The van der Waals surface area contributed by atoms with Crippen LogP contribution in [0.1, 0.15) is 19.8 Å². The van der Waals surface area contributed by atoms with Crippen molar-refractivity contribution in [1.82, 2.24) is 10.2 Å². The molecule has 2 fully saturated rings. The molecule has 2 aliphatic rings. The lowest BCUT2D eigenvalue weighted by Gasteiger charge is -2.19. The van der Waals surface area contributed by atoms with E-state index in [4.69, 9.17) is 0 Å². The fraction of sp³-hybridized carbons (Fsp3) is 0.900. The number of nitrogens with zero attached hydrogens (tertiary/aromatic N) is 1. The highest BCUT2D eigenvalue weighted by atomic mass is 16.2. The Bertz CT molecular complexity index is 199. The molecule has 2 heterocycles. The van der Waals surface area contributed by atoms with Crippen molar-refractivity contribution in [3.63, 3.8) is 0 Å². The number of amides is 1. The summed E-state index contributed by atoms with van der Waals surface area (Å²) in [5.41, 5.74) is 0. The van der Waals surface area contributed by atoms with Crippen LogP contribution in [0.2, 0.25) is 0 Å². The minimum atomic E-state index is 0.273. The van der Waals surface area contributed by atoms with Crippen molar-refractivity contribution < 1.29 is 4.79 Å². The molecule has 2 aliphatic heterocycles. The summed E-state index contributed by atoms with van der Waals surface area (Å²) in [6.07, 6.45) is 2.29. The molecule has 2 rings (SSSR count). The lowest BCUT2D eigenvalue weighted by atomic mass is 10.1. The summed E-state index contributed by atoms with van der Waals surface area (Å²) < 4.78 is 0. The van der Waals surface area contributed by atoms with E-state index in [0.29, 0.717) is 11.8 Å². The molecule has 2 saturated heterocycles. The first-order chi connectivity index (χ1) is 6.27. The summed E-state index contributed by atoms with van der Waals surface area (Å²) in [7, 11) is 0. The zero-order valence-electron chi connectivity index (χ0n) is 8.25. The molecule has 74 valence electrons. The molecule has 13 heavy (non-hydrogen) atoms. The van der Waals surface area contributed by atoms with Gasteiger partial charge in [0.05, 0.1) is 0 Å². The zero-order valence-corrected chi connectivity index (χ0v) is 8.25. The number of hydrogen-bond donors (Lipinski definition) is 1. The first-order valence-electron chi connectivity index (χ1n) is 5.27. The molecular formula is C10H18N2O. The van der Waals surface area contributed by atoms with Gasteiger partial charge in [-0.3, -0.25) is 4.79 Å². The van der Waals surface area contributed by atoms with Crippen molar-refractivity contribution in [2.75, 3.05) is 26.2 Å². The van der Waals surface area contributed by atoms with Gasteiger partial charge >= 0.3 is 0 Å². The fourth-order valence-electron chi connectivity index (χ4n) is 2.26. The summed E-state index contributed by atoms with van der Waals surface area (Å²) in [5, 5.41) is 3.33. The standard InChI is InChI=1S/C10H18N2O/c1-8-3-5-12(10(8)13)7-9-2-4-11-6-9/h8-9,11H,2-7H2,1H3. The topological polar surface area (TPSA) is 32.3 Å². The molecular weight excluding hydrogens is 164 g/mol. The van der Waals surface area contributed by atoms with Crippen LogP contribution in [0.15, 0.2) is 0 Å². The molecule has 0 spiro atoms. The van der Waals surface area contributed by atoms with Crippen molar-refractivity contribution in [3.8, 4) is 0 Å². The second-order valence-electron chi connectivity index (χ2n) is 4.33. The lowest BCUT2D eigenvalue weighted by molar-refractivity contribution is -0.131. The second-order valence-corrected chi connectivity index (χ2v) is 4.33. The van der Waals surface area contributed by atoms with Crippen LogP contribution in [-0.2, 0) is 4.79 Å². The van der Waals surface area contributed by atoms with Crippen molar-refractivity contribution in [3.05, 3.63) is 0 Å². The van der Waals surface area contributed by atoms with Gasteiger partial charge in [-0.25, -0.2) is 0 Å². The smallest absolute Gasteiger partial charge is 0.225 e. The van der Waals surface area contributed by atoms with Crippen molar-refractivity contribution in [2.24, 2.45) is 11.8 Å². The Labute approximate surface area is 79.5 Å². The Morgan fingerprint density at radius 3 is 2.92 bits per heavy atom. The van der Waals surface area contributed by atoms with E-state index < -0.39 is 0 Å². The molecule has 1 N–H and O–H groups in total. The molecule has 3 heteroatoms. The monoisotopic (exact) mass is 182 g/mol. The molecule has 0 aromatic carbocycles. The highest BCUT2D eigenvalue weighted by molar-refractivity contribution is 5.80. The van der Waals surface area contributed by atoms with Crippen LogP contribution < -0.4 is 5.32 Å². The lowest BCUT2D eigenvalue weighted by Crippen LogP contribution is -2.32. The van der Waals surface area contributed by atoms with Gasteiger partial charge < -0.3 is 10.2 Å². The van der Waals surface area contributed by atoms with Crippen LogP contribution in [0.3, 0.4) is 0 Å². The van der Waals surface area contributed by atoms with E-state index in [1.165, 1.54) is 6.42 Å². The Balaban J connectivity index is 1.84. The number of nitrogens with one attached hydrogen (secondary N) is 1. The first-order valence-corrected chi connectivity index (χ1v) is 5.27. The molecule has 3 nitrogen and oxygen atoms in total. The van der Waals surface area contributed by atoms with E-state index in [0.717, 1.165) is 32.6 Å². The highest BCUT2D eigenvalue weighted by Crippen LogP contribution is 2.20. The van der Waals surface area contributed by atoms with Gasteiger partial charge in [0, 0.05) is 19.0 Å². The number of carbonyl (C=O) groups is 1. The average molecular weight is 182 g/mol. The van der Waals surface area contributed by atoms with Crippen LogP contribution in [0.25, 0.3) is 0 Å². The van der Waals surface area contributed by atoms with Gasteiger partial charge in [0.1, 0.15) is 0 Å². The van der Waals surface area contributed by atoms with Crippen LogP contribution >= 0.6 is 0 Å². The number of likely N-dealkylation sites (tertiary alicyclic amines) is 1. The normalized spacial score (nSPS) is 34.5. The molecule has 1 amide bonds. The minimum Gasteiger partial charge on any atom is -0.342 e. The largest absolute Gasteiger partial charge is 0.342 e. The number of hydrogen-bond acceptors (Lipinski definition) is 2. The Morgan fingerprint density at radius 2 is 2.38 bits per heavy atom. The molecule has 0 aromatic rings. The van der Waals surface area contributed by atoms with E-state index in [9.17, 15) is 4.79 Å². The van der Waals surface area contributed by atoms with Crippen LogP contribution in [-0.4, -0.2) is 37.0 Å². The number of carbonyl (C=O) groups excluding carboxylic acids is 1. The fourth-order valence-corrected chi connectivity index (χ4v) is 2.26. The maximum absolute atomic E-state index is 11.6. The molecule has 0 aliphatic carbocycles. The summed E-state index contributed by atoms with van der Waals surface area (Å²) in [6.45, 7) is 6.22. The predicted molar refractivity (Wildman–Crippen MR) is 51.3 cm³/mol. The minimum absolute atomic E-state index is 0.273. The van der Waals surface area contributed by atoms with E-state index in [1.807, 2.05) is 11.8 Å². The van der Waals surface area contributed by atoms with Crippen LogP contribution in [0.5, 0.6) is 0 Å². The van der Waals surface area contributed by atoms with Gasteiger partial charge in [-0.15, -0.1) is 0 Å². The Kier molecular flexibility index (Phi) is 2.54. The predicted octanol–water partition coefficient (Wildman–Crippen LogP) is 0.464. The maximum Gasteiger partial charge on any atom is 0.225 e. The second kappa shape index (κ2) is 3.66. The Morgan fingerprint density at radius 1 is 1.54 bits per heavy atom. The summed E-state index contributed by atoms with van der Waals surface area (Å²) in [5.74, 6) is 1.34. The molecule has 0 aromatic heterocycles.